The molecule has 0 fully saturated rings. The molecule has 0 radical (unpaired) electrons. The van der Waals surface area contributed by atoms with Crippen molar-refractivity contribution < 1.29 is 4.21 Å². The molecule has 0 aliphatic heterocycles. The third kappa shape index (κ3) is 2.85. The van der Waals surface area contributed by atoms with E-state index in [4.69, 9.17) is 0 Å². The van der Waals surface area contributed by atoms with Crippen LogP contribution in [0.25, 0.3) is 0 Å². The van der Waals surface area contributed by atoms with Crippen molar-refractivity contribution in [2.75, 3.05) is 6.54 Å². The van der Waals surface area contributed by atoms with Gasteiger partial charge in [0.15, 0.2) is 0 Å². The van der Waals surface area contributed by atoms with Crippen molar-refractivity contribution in [1.29, 1.82) is 0 Å². The lowest BCUT2D eigenvalue weighted by molar-refractivity contribution is 0.546. The summed E-state index contributed by atoms with van der Waals surface area (Å²) in [4.78, 5) is 0.887. The van der Waals surface area contributed by atoms with Crippen molar-refractivity contribution in [3.05, 3.63) is 64.1 Å². The molecule has 1 aliphatic rings. The van der Waals surface area contributed by atoms with E-state index in [1.807, 2.05) is 24.3 Å². The van der Waals surface area contributed by atoms with Crippen LogP contribution in [0.3, 0.4) is 0 Å². The molecule has 3 atom stereocenters. The monoisotopic (exact) mass is 363 g/mol. The Hall–Kier alpha value is -0.970. The number of rotatable bonds is 4. The predicted molar refractivity (Wildman–Crippen MR) is 90.9 cm³/mol. The lowest BCUT2D eigenvalue weighted by atomic mass is 10.1. The van der Waals surface area contributed by atoms with Gasteiger partial charge in [0.05, 0.1) is 20.9 Å². The van der Waals surface area contributed by atoms with Gasteiger partial charge in [0, 0.05) is 10.5 Å². The smallest absolute Gasteiger partial charge is 0.0630 e. The maximum absolute atomic E-state index is 13.1. The molecular formula is C17H18BrNOS. The minimum atomic E-state index is -1.04. The van der Waals surface area contributed by atoms with Gasteiger partial charge in [0.1, 0.15) is 0 Å². The first-order chi connectivity index (χ1) is 10.2. The van der Waals surface area contributed by atoms with E-state index < -0.39 is 10.8 Å². The van der Waals surface area contributed by atoms with E-state index in [9.17, 15) is 4.21 Å². The lowest BCUT2D eigenvalue weighted by Gasteiger charge is -2.21. The Morgan fingerprint density at radius 1 is 1.19 bits per heavy atom. The molecule has 1 aliphatic carbocycles. The highest BCUT2D eigenvalue weighted by Gasteiger charge is 2.36. The summed E-state index contributed by atoms with van der Waals surface area (Å²) < 4.78 is 14.0. The zero-order valence-electron chi connectivity index (χ0n) is 11.9. The van der Waals surface area contributed by atoms with Gasteiger partial charge >= 0.3 is 0 Å². The Kier molecular flexibility index (Phi) is 4.57. The molecule has 0 spiro atoms. The minimum absolute atomic E-state index is 0.0843. The Morgan fingerprint density at radius 2 is 1.90 bits per heavy atom. The van der Waals surface area contributed by atoms with Crippen molar-refractivity contribution >= 4 is 26.7 Å². The summed E-state index contributed by atoms with van der Waals surface area (Å²) in [7, 11) is -1.04. The number of fused-ring (bicyclic) bond motifs is 1. The highest BCUT2D eigenvalue weighted by molar-refractivity contribution is 9.10. The number of hydrogen-bond acceptors (Lipinski definition) is 2. The van der Waals surface area contributed by atoms with Crippen molar-refractivity contribution in [2.24, 2.45) is 0 Å². The second-order valence-electron chi connectivity index (χ2n) is 5.20. The van der Waals surface area contributed by atoms with E-state index in [0.717, 1.165) is 22.3 Å². The van der Waals surface area contributed by atoms with Crippen molar-refractivity contribution in [3.8, 4) is 0 Å². The minimum Gasteiger partial charge on any atom is -0.309 e. The molecule has 0 bridgehead atoms. The third-order valence-electron chi connectivity index (χ3n) is 3.94. The van der Waals surface area contributed by atoms with Crippen LogP contribution in [0.2, 0.25) is 0 Å². The molecule has 2 nitrogen and oxygen atoms in total. The molecule has 0 amide bonds. The molecule has 4 heteroatoms. The van der Waals surface area contributed by atoms with Crippen molar-refractivity contribution in [3.63, 3.8) is 0 Å². The molecule has 0 heterocycles. The average molecular weight is 364 g/mol. The molecule has 21 heavy (non-hydrogen) atoms. The van der Waals surface area contributed by atoms with Crippen LogP contribution in [0.15, 0.2) is 57.9 Å². The summed E-state index contributed by atoms with van der Waals surface area (Å²) in [5.74, 6) is 0. The second kappa shape index (κ2) is 6.42. The van der Waals surface area contributed by atoms with Crippen LogP contribution in [0, 0.1) is 0 Å². The van der Waals surface area contributed by atoms with Gasteiger partial charge in [-0.2, -0.15) is 0 Å². The van der Waals surface area contributed by atoms with Crippen LogP contribution < -0.4 is 5.32 Å². The van der Waals surface area contributed by atoms with E-state index in [1.165, 1.54) is 11.1 Å². The second-order valence-corrected chi connectivity index (χ2v) is 7.70. The number of halogens is 1. The Bertz CT molecular complexity index is 673. The molecular weight excluding hydrogens is 346 g/mol. The molecule has 110 valence electrons. The SMILES string of the molecule is CCNC1c2ccccc2CC1S(=O)c1ccccc1Br. The quantitative estimate of drug-likeness (QED) is 0.893. The topological polar surface area (TPSA) is 29.1 Å². The first-order valence-corrected chi connectivity index (χ1v) is 9.19. The molecule has 0 aromatic heterocycles. The van der Waals surface area contributed by atoms with Crippen molar-refractivity contribution in [2.45, 2.75) is 29.5 Å². The Balaban J connectivity index is 1.96. The highest BCUT2D eigenvalue weighted by Crippen LogP contribution is 2.37. The summed E-state index contributed by atoms with van der Waals surface area (Å²) >= 11 is 3.52. The molecule has 3 unspecified atom stereocenters. The fourth-order valence-corrected chi connectivity index (χ4v) is 5.37. The fraction of sp³-hybridized carbons (Fsp3) is 0.294. The van der Waals surface area contributed by atoms with Gasteiger partial charge in [0.25, 0.3) is 0 Å². The average Bonchev–Trinajstić information content (AvgIpc) is 2.87. The zero-order chi connectivity index (χ0) is 14.8. The summed E-state index contributed by atoms with van der Waals surface area (Å²) in [5, 5.41) is 3.60. The lowest BCUT2D eigenvalue weighted by Crippen LogP contribution is -2.32. The Labute approximate surface area is 136 Å². The van der Waals surface area contributed by atoms with E-state index in [2.05, 4.69) is 52.4 Å². The van der Waals surface area contributed by atoms with Crippen LogP contribution in [-0.4, -0.2) is 16.0 Å². The van der Waals surface area contributed by atoms with Crippen LogP contribution in [0.5, 0.6) is 0 Å². The number of hydrogen-bond donors (Lipinski definition) is 1. The highest BCUT2D eigenvalue weighted by atomic mass is 79.9. The number of benzene rings is 2. The van der Waals surface area contributed by atoms with E-state index in [-0.39, 0.29) is 11.3 Å². The van der Waals surface area contributed by atoms with Crippen LogP contribution in [0.1, 0.15) is 24.1 Å². The normalized spacial score (nSPS) is 22.0. The molecule has 1 N–H and O–H groups in total. The van der Waals surface area contributed by atoms with Gasteiger partial charge in [-0.25, -0.2) is 0 Å². The van der Waals surface area contributed by atoms with E-state index in [1.54, 1.807) is 0 Å². The van der Waals surface area contributed by atoms with Gasteiger partial charge < -0.3 is 5.32 Å². The van der Waals surface area contributed by atoms with Gasteiger partial charge in [-0.3, -0.25) is 4.21 Å². The first-order valence-electron chi connectivity index (χ1n) is 7.18. The van der Waals surface area contributed by atoms with Crippen LogP contribution in [-0.2, 0) is 17.2 Å². The molecule has 3 rings (SSSR count). The fourth-order valence-electron chi connectivity index (χ4n) is 2.99. The number of nitrogens with one attached hydrogen (secondary N) is 1. The maximum atomic E-state index is 13.1. The molecule has 2 aromatic rings. The van der Waals surface area contributed by atoms with Gasteiger partial charge in [-0.05, 0) is 52.2 Å². The third-order valence-corrected chi connectivity index (χ3v) is 6.67. The summed E-state index contributed by atoms with van der Waals surface area (Å²) in [5.41, 5.74) is 2.61. The van der Waals surface area contributed by atoms with Gasteiger partial charge in [-0.15, -0.1) is 0 Å². The Morgan fingerprint density at radius 3 is 2.67 bits per heavy atom. The summed E-state index contributed by atoms with van der Waals surface area (Å²) in [6, 6.07) is 16.4. The van der Waals surface area contributed by atoms with E-state index in [0.29, 0.717) is 0 Å². The first kappa shape index (κ1) is 14.9. The zero-order valence-corrected chi connectivity index (χ0v) is 14.3. The molecule has 2 aromatic carbocycles. The van der Waals surface area contributed by atoms with Crippen molar-refractivity contribution in [1.82, 2.24) is 5.32 Å². The van der Waals surface area contributed by atoms with Crippen LogP contribution >= 0.6 is 15.9 Å². The standard InChI is InChI=1S/C17H18BrNOS/c1-2-19-17-13-8-4-3-7-12(13)11-16(17)21(20)15-10-6-5-9-14(15)18/h3-10,16-17,19H,2,11H2,1H3. The van der Waals surface area contributed by atoms with E-state index >= 15 is 0 Å². The molecule has 0 saturated heterocycles. The molecule has 0 saturated carbocycles. The van der Waals surface area contributed by atoms with Crippen LogP contribution in [0.4, 0.5) is 0 Å². The predicted octanol–water partition coefficient (Wildman–Crippen LogP) is 3.83. The van der Waals surface area contributed by atoms with Gasteiger partial charge in [0.2, 0.25) is 0 Å². The van der Waals surface area contributed by atoms with Gasteiger partial charge in [-0.1, -0.05) is 43.3 Å². The summed E-state index contributed by atoms with van der Waals surface area (Å²) in [6.45, 7) is 2.97. The largest absolute Gasteiger partial charge is 0.309 e. The maximum Gasteiger partial charge on any atom is 0.0630 e. The summed E-state index contributed by atoms with van der Waals surface area (Å²) in [6.07, 6.45) is 0.863.